The Morgan fingerprint density at radius 3 is 2.73 bits per heavy atom. The van der Waals surface area contributed by atoms with Crippen molar-refractivity contribution >= 4 is 32.8 Å². The molecule has 1 aromatic carbocycles. The van der Waals surface area contributed by atoms with E-state index in [-0.39, 0.29) is 5.04 Å². The smallest absolute Gasteiger partial charge is 0.246 e. The second kappa shape index (κ2) is 6.79. The molecule has 1 aromatic rings. The van der Waals surface area contributed by atoms with Crippen LogP contribution in [0.2, 0.25) is 0 Å². The van der Waals surface area contributed by atoms with E-state index in [9.17, 15) is 13.7 Å². The topological polar surface area (TPSA) is 88.8 Å². The Bertz CT molecular complexity index is 817. The Kier molecular flexibility index (Phi) is 5.03. The SMILES string of the molecule is COS(=O)(=O)O/N=C1\SC=C\C1=C(\C#N)c1ccccc1C. The van der Waals surface area contributed by atoms with Crippen LogP contribution in [0.25, 0.3) is 5.57 Å². The largest absolute Gasteiger partial charge is 0.468 e. The van der Waals surface area contributed by atoms with Crippen LogP contribution in [-0.4, -0.2) is 20.6 Å². The number of hydrogen-bond donors (Lipinski definition) is 0. The lowest BCUT2D eigenvalue weighted by atomic mass is 9.97. The quantitative estimate of drug-likeness (QED) is 0.620. The molecule has 1 heterocycles. The number of rotatable bonds is 4. The van der Waals surface area contributed by atoms with Gasteiger partial charge in [-0.25, -0.2) is 8.47 Å². The van der Waals surface area contributed by atoms with Gasteiger partial charge in [0, 0.05) is 5.57 Å². The molecule has 1 aliphatic heterocycles. The normalized spacial score (nSPS) is 18.3. The molecule has 0 radical (unpaired) electrons. The molecule has 0 fully saturated rings. The Morgan fingerprint density at radius 2 is 2.09 bits per heavy atom. The number of thioether (sulfide) groups is 1. The number of nitriles is 1. The van der Waals surface area contributed by atoms with E-state index in [2.05, 4.69) is 19.7 Å². The Balaban J connectivity index is 2.47. The average molecular weight is 336 g/mol. The number of aryl methyl sites for hydroxylation is 1. The van der Waals surface area contributed by atoms with Crippen LogP contribution in [0, 0.1) is 18.3 Å². The molecule has 0 saturated carbocycles. The zero-order valence-electron chi connectivity index (χ0n) is 11.8. The van der Waals surface area contributed by atoms with Crippen LogP contribution in [0.3, 0.4) is 0 Å². The van der Waals surface area contributed by atoms with Crippen LogP contribution in [0.15, 0.2) is 46.5 Å². The molecular weight excluding hydrogens is 324 g/mol. The van der Waals surface area contributed by atoms with E-state index in [1.54, 1.807) is 11.5 Å². The zero-order chi connectivity index (χ0) is 16.2. The Morgan fingerprint density at radius 1 is 1.36 bits per heavy atom. The minimum Gasteiger partial charge on any atom is -0.246 e. The molecule has 0 aromatic heterocycles. The first-order valence-electron chi connectivity index (χ1n) is 6.09. The number of oxime groups is 1. The van der Waals surface area contributed by atoms with E-state index in [1.165, 1.54) is 0 Å². The summed E-state index contributed by atoms with van der Waals surface area (Å²) >= 11 is 1.16. The molecule has 6 nitrogen and oxygen atoms in total. The molecule has 22 heavy (non-hydrogen) atoms. The summed E-state index contributed by atoms with van der Waals surface area (Å²) in [5.74, 6) is 0. The molecule has 0 N–H and O–H groups in total. The molecule has 0 bridgehead atoms. The lowest BCUT2D eigenvalue weighted by molar-refractivity contribution is 0.254. The highest BCUT2D eigenvalue weighted by Crippen LogP contribution is 2.32. The Hall–Kier alpha value is -2.08. The van der Waals surface area contributed by atoms with E-state index >= 15 is 0 Å². The summed E-state index contributed by atoms with van der Waals surface area (Å²) in [6.07, 6.45) is 1.69. The Labute approximate surface area is 133 Å². The molecule has 114 valence electrons. The van der Waals surface area contributed by atoms with Gasteiger partial charge in [0.05, 0.1) is 12.7 Å². The van der Waals surface area contributed by atoms with E-state index in [0.29, 0.717) is 11.1 Å². The summed E-state index contributed by atoms with van der Waals surface area (Å²) in [7, 11) is -3.20. The van der Waals surface area contributed by atoms with Crippen molar-refractivity contribution in [3.8, 4) is 6.07 Å². The van der Waals surface area contributed by atoms with Gasteiger partial charge in [-0.2, -0.15) is 13.7 Å². The molecule has 0 atom stereocenters. The van der Waals surface area contributed by atoms with Gasteiger partial charge < -0.3 is 0 Å². The van der Waals surface area contributed by atoms with E-state index in [1.807, 2.05) is 31.2 Å². The summed E-state index contributed by atoms with van der Waals surface area (Å²) in [4.78, 5) is 0. The highest BCUT2D eigenvalue weighted by atomic mass is 32.3. The van der Waals surface area contributed by atoms with Crippen molar-refractivity contribution < 1.29 is 16.9 Å². The molecule has 2 rings (SSSR count). The molecule has 0 spiro atoms. The summed E-state index contributed by atoms with van der Waals surface area (Å²) in [5, 5.41) is 15.0. The first-order chi connectivity index (χ1) is 10.5. The lowest BCUT2D eigenvalue weighted by Gasteiger charge is -2.07. The average Bonchev–Trinajstić information content (AvgIpc) is 2.96. The van der Waals surface area contributed by atoms with Gasteiger partial charge in [-0.05, 0) is 29.5 Å². The number of nitrogens with zero attached hydrogens (tertiary/aromatic N) is 2. The van der Waals surface area contributed by atoms with Crippen LogP contribution in [0.4, 0.5) is 0 Å². The maximum absolute atomic E-state index is 11.2. The maximum atomic E-state index is 11.2. The maximum Gasteiger partial charge on any atom is 0.468 e. The van der Waals surface area contributed by atoms with Crippen LogP contribution in [0.1, 0.15) is 11.1 Å². The lowest BCUT2D eigenvalue weighted by Crippen LogP contribution is -2.05. The van der Waals surface area contributed by atoms with E-state index in [4.69, 9.17) is 0 Å². The fourth-order valence-corrected chi connectivity index (χ4v) is 2.78. The predicted octanol–water partition coefficient (Wildman–Crippen LogP) is 2.75. The van der Waals surface area contributed by atoms with Crippen LogP contribution >= 0.6 is 11.8 Å². The van der Waals surface area contributed by atoms with Crippen LogP contribution < -0.4 is 0 Å². The molecule has 0 amide bonds. The van der Waals surface area contributed by atoms with Crippen molar-refractivity contribution in [2.75, 3.05) is 7.11 Å². The standard InChI is InChI=1S/C14H12N2O4S2/c1-10-5-3-4-6-11(10)13(9-15)12-7-8-21-14(12)16-20-22(17,18)19-2/h3-8H,1-2H3/b13-12+,16-14-. The monoisotopic (exact) mass is 336 g/mol. The molecule has 8 heteroatoms. The molecule has 0 saturated heterocycles. The molecule has 0 unspecified atom stereocenters. The summed E-state index contributed by atoms with van der Waals surface area (Å²) < 4.78 is 30.9. The van der Waals surface area contributed by atoms with Crippen molar-refractivity contribution in [3.63, 3.8) is 0 Å². The van der Waals surface area contributed by atoms with Crippen LogP contribution in [0.5, 0.6) is 0 Å². The van der Waals surface area contributed by atoms with Crippen LogP contribution in [-0.2, 0) is 18.9 Å². The summed E-state index contributed by atoms with van der Waals surface area (Å²) in [5.41, 5.74) is 2.60. The highest BCUT2D eigenvalue weighted by Gasteiger charge is 2.20. The van der Waals surface area contributed by atoms with Crippen molar-refractivity contribution in [1.29, 1.82) is 5.26 Å². The summed E-state index contributed by atoms with van der Waals surface area (Å²) in [6.45, 7) is 1.89. The van der Waals surface area contributed by atoms with Gasteiger partial charge in [0.25, 0.3) is 0 Å². The van der Waals surface area contributed by atoms with Gasteiger partial charge in [-0.3, -0.25) is 0 Å². The minimum atomic E-state index is -4.17. The first kappa shape index (κ1) is 16.3. The fourth-order valence-electron chi connectivity index (χ4n) is 1.79. The summed E-state index contributed by atoms with van der Waals surface area (Å²) in [6, 6.07) is 9.56. The third kappa shape index (κ3) is 3.57. The van der Waals surface area contributed by atoms with Gasteiger partial charge in [0.1, 0.15) is 6.07 Å². The second-order valence-electron chi connectivity index (χ2n) is 4.18. The van der Waals surface area contributed by atoms with E-state index < -0.39 is 10.4 Å². The van der Waals surface area contributed by atoms with Crippen molar-refractivity contribution in [1.82, 2.24) is 0 Å². The second-order valence-corrected chi connectivity index (χ2v) is 6.38. The van der Waals surface area contributed by atoms with Crippen molar-refractivity contribution in [2.24, 2.45) is 5.16 Å². The number of benzene rings is 1. The minimum absolute atomic E-state index is 0.278. The third-order valence-electron chi connectivity index (χ3n) is 2.86. The zero-order valence-corrected chi connectivity index (χ0v) is 13.4. The number of allylic oxidation sites excluding steroid dienone is 2. The van der Waals surface area contributed by atoms with Gasteiger partial charge >= 0.3 is 10.4 Å². The van der Waals surface area contributed by atoms with Crippen molar-refractivity contribution in [2.45, 2.75) is 6.92 Å². The highest BCUT2D eigenvalue weighted by molar-refractivity contribution is 8.17. The van der Waals surface area contributed by atoms with Crippen molar-refractivity contribution in [3.05, 3.63) is 52.4 Å². The van der Waals surface area contributed by atoms with Gasteiger partial charge in [-0.1, -0.05) is 41.2 Å². The predicted molar refractivity (Wildman–Crippen MR) is 84.9 cm³/mol. The third-order valence-corrected chi connectivity index (χ3v) is 4.31. The molecule has 1 aliphatic rings. The van der Waals surface area contributed by atoms with Gasteiger partial charge in [0.2, 0.25) is 0 Å². The van der Waals surface area contributed by atoms with Gasteiger partial charge in [0.15, 0.2) is 5.04 Å². The molecular formula is C14H12N2O4S2. The fraction of sp³-hybridized carbons (Fsp3) is 0.143. The molecule has 0 aliphatic carbocycles. The number of hydrogen-bond acceptors (Lipinski definition) is 7. The van der Waals surface area contributed by atoms with Gasteiger partial charge in [-0.15, -0.1) is 0 Å². The first-order valence-corrected chi connectivity index (χ1v) is 8.31. The van der Waals surface area contributed by atoms with E-state index in [0.717, 1.165) is 30.0 Å².